The highest BCUT2D eigenvalue weighted by molar-refractivity contribution is 7.89. The number of fused-ring (bicyclic) bond motifs is 1. The van der Waals surface area contributed by atoms with Crippen LogP contribution in [0.2, 0.25) is 0 Å². The second kappa shape index (κ2) is 5.52. The van der Waals surface area contributed by atoms with Crippen LogP contribution in [-0.4, -0.2) is 47.2 Å². The number of aryl methyl sites for hydroxylation is 1. The van der Waals surface area contributed by atoms with Gasteiger partial charge in [0.15, 0.2) is 11.4 Å². The van der Waals surface area contributed by atoms with Crippen LogP contribution in [0.4, 0.5) is 0 Å². The van der Waals surface area contributed by atoms with Crippen molar-refractivity contribution in [2.75, 3.05) is 13.1 Å². The molecule has 2 aliphatic rings. The zero-order valence-electron chi connectivity index (χ0n) is 14.0. The molecule has 3 heterocycles. The summed E-state index contributed by atoms with van der Waals surface area (Å²) in [6.07, 6.45) is 0.939. The molecule has 1 saturated heterocycles. The van der Waals surface area contributed by atoms with Crippen molar-refractivity contribution >= 4 is 10.0 Å². The van der Waals surface area contributed by atoms with Crippen LogP contribution in [-0.2, 0) is 22.0 Å². The number of hydrogen-bond donors (Lipinski definition) is 1. The Morgan fingerprint density at radius 3 is 2.92 bits per heavy atom. The highest BCUT2D eigenvalue weighted by Crippen LogP contribution is 2.36. The monoisotopic (exact) mass is 365 g/mol. The highest BCUT2D eigenvalue weighted by atomic mass is 32.2. The summed E-state index contributed by atoms with van der Waals surface area (Å²) in [4.78, 5) is 4.25. The number of hydrogen-bond acceptors (Lipinski definition) is 7. The molecule has 2 aliphatic heterocycles. The van der Waals surface area contributed by atoms with Crippen LogP contribution in [0.3, 0.4) is 0 Å². The molecule has 9 heteroatoms. The van der Waals surface area contributed by atoms with Gasteiger partial charge in [0.2, 0.25) is 10.0 Å². The largest absolute Gasteiger partial charge is 0.490 e. The number of sulfonamides is 1. The Morgan fingerprint density at radius 1 is 1.40 bits per heavy atom. The summed E-state index contributed by atoms with van der Waals surface area (Å²) in [5.74, 6) is 1.18. The van der Waals surface area contributed by atoms with Crippen molar-refractivity contribution in [3.8, 4) is 5.75 Å². The molecule has 0 radical (unpaired) electrons. The van der Waals surface area contributed by atoms with E-state index >= 15 is 0 Å². The molecular formula is C16H19N3O5S. The van der Waals surface area contributed by atoms with Crippen LogP contribution in [0.15, 0.2) is 27.6 Å². The van der Waals surface area contributed by atoms with Gasteiger partial charge in [0.05, 0.1) is 11.4 Å². The third kappa shape index (κ3) is 2.72. The van der Waals surface area contributed by atoms with Crippen molar-refractivity contribution in [2.45, 2.75) is 43.3 Å². The second-order valence-corrected chi connectivity index (χ2v) is 8.61. The zero-order chi connectivity index (χ0) is 17.8. The molecule has 0 bridgehead atoms. The summed E-state index contributed by atoms with van der Waals surface area (Å²) >= 11 is 0. The lowest BCUT2D eigenvalue weighted by Crippen LogP contribution is -2.34. The van der Waals surface area contributed by atoms with E-state index in [1.807, 2.05) is 6.92 Å². The number of aromatic nitrogens is 2. The fraction of sp³-hybridized carbons (Fsp3) is 0.500. The van der Waals surface area contributed by atoms with Gasteiger partial charge in [-0.05, 0) is 37.6 Å². The first-order valence-electron chi connectivity index (χ1n) is 8.11. The highest BCUT2D eigenvalue weighted by Gasteiger charge is 2.46. The molecule has 0 amide bonds. The van der Waals surface area contributed by atoms with Gasteiger partial charge in [0, 0.05) is 19.4 Å². The molecule has 0 aliphatic carbocycles. The maximum Gasteiger partial charge on any atom is 0.260 e. The topological polar surface area (TPSA) is 106 Å². The summed E-state index contributed by atoms with van der Waals surface area (Å²) < 4.78 is 37.8. The van der Waals surface area contributed by atoms with Gasteiger partial charge >= 0.3 is 0 Å². The van der Waals surface area contributed by atoms with Gasteiger partial charge in [0.25, 0.3) is 5.89 Å². The van der Waals surface area contributed by atoms with Gasteiger partial charge < -0.3 is 14.4 Å². The predicted octanol–water partition coefficient (Wildman–Crippen LogP) is 0.984. The predicted molar refractivity (Wildman–Crippen MR) is 86.5 cm³/mol. The van der Waals surface area contributed by atoms with E-state index in [1.165, 1.54) is 4.31 Å². The molecule has 25 heavy (non-hydrogen) atoms. The molecule has 0 unspecified atom stereocenters. The van der Waals surface area contributed by atoms with E-state index in [-0.39, 0.29) is 36.4 Å². The molecule has 2 atom stereocenters. The number of aliphatic hydroxyl groups is 1. The molecule has 134 valence electrons. The minimum absolute atomic E-state index is 0.0469. The summed E-state index contributed by atoms with van der Waals surface area (Å²) in [7, 11) is -3.72. The first-order chi connectivity index (χ1) is 11.8. The number of nitrogens with zero attached hydrogens (tertiary/aromatic N) is 3. The van der Waals surface area contributed by atoms with Gasteiger partial charge in [-0.1, -0.05) is 5.16 Å². The molecule has 1 N–H and O–H groups in total. The third-order valence-corrected chi connectivity index (χ3v) is 6.48. The minimum Gasteiger partial charge on any atom is -0.490 e. The van der Waals surface area contributed by atoms with Gasteiger partial charge in [0.1, 0.15) is 11.9 Å². The Balaban J connectivity index is 1.61. The molecule has 1 aromatic carbocycles. The fourth-order valence-corrected chi connectivity index (χ4v) is 4.88. The summed E-state index contributed by atoms with van der Waals surface area (Å²) in [6, 6.07) is 4.89. The maximum absolute atomic E-state index is 12.9. The fourth-order valence-electron chi connectivity index (χ4n) is 3.33. The van der Waals surface area contributed by atoms with Crippen molar-refractivity contribution in [1.29, 1.82) is 0 Å². The van der Waals surface area contributed by atoms with E-state index in [2.05, 4.69) is 10.1 Å². The lowest BCUT2D eigenvalue weighted by Gasteiger charge is -2.20. The second-order valence-electron chi connectivity index (χ2n) is 6.67. The van der Waals surface area contributed by atoms with Crippen LogP contribution >= 0.6 is 0 Å². The Bertz CT molecular complexity index is 926. The van der Waals surface area contributed by atoms with E-state index in [9.17, 15) is 13.5 Å². The number of β-amino-alcohol motifs (C(OH)–C–C–N with tert-alkyl or cyclic N) is 1. The van der Waals surface area contributed by atoms with Crippen LogP contribution < -0.4 is 4.74 Å². The SMILES string of the molecule is Cc1noc([C@]2(O)CCN(S(=O)(=O)c3ccc4c(c3)C[C@H](C)O4)C2)n1. The standard InChI is InChI=1S/C16H19N3O5S/c1-10-7-12-8-13(3-4-14(12)23-10)25(21,22)19-6-5-16(20,9-19)15-17-11(2)18-24-15/h3-4,8,10,20H,5-7,9H2,1-2H3/t10-,16-/m0/s1. The minimum atomic E-state index is -3.72. The summed E-state index contributed by atoms with van der Waals surface area (Å²) in [5, 5.41) is 14.4. The van der Waals surface area contributed by atoms with Gasteiger partial charge in [-0.2, -0.15) is 9.29 Å². The van der Waals surface area contributed by atoms with Crippen molar-refractivity contribution in [3.63, 3.8) is 0 Å². The number of rotatable bonds is 3. The maximum atomic E-state index is 12.9. The molecule has 0 spiro atoms. The average molecular weight is 365 g/mol. The van der Waals surface area contributed by atoms with E-state index in [0.29, 0.717) is 12.2 Å². The van der Waals surface area contributed by atoms with Gasteiger partial charge in [-0.3, -0.25) is 0 Å². The molecule has 8 nitrogen and oxygen atoms in total. The quantitative estimate of drug-likeness (QED) is 0.864. The van der Waals surface area contributed by atoms with Crippen LogP contribution in [0.1, 0.15) is 30.6 Å². The Hall–Kier alpha value is -1.97. The van der Waals surface area contributed by atoms with Crippen LogP contribution in [0.5, 0.6) is 5.75 Å². The smallest absolute Gasteiger partial charge is 0.260 e. The molecule has 4 rings (SSSR count). The summed E-state index contributed by atoms with van der Waals surface area (Å²) in [5.41, 5.74) is -0.571. The number of ether oxygens (including phenoxy) is 1. The Labute approximate surface area is 145 Å². The van der Waals surface area contributed by atoms with Crippen molar-refractivity contribution in [1.82, 2.24) is 14.4 Å². The number of benzene rings is 1. The van der Waals surface area contributed by atoms with Crippen molar-refractivity contribution in [3.05, 3.63) is 35.5 Å². The Morgan fingerprint density at radius 2 is 2.20 bits per heavy atom. The van der Waals surface area contributed by atoms with Gasteiger partial charge in [-0.25, -0.2) is 8.42 Å². The first kappa shape index (κ1) is 16.5. The molecule has 1 aromatic heterocycles. The van der Waals surface area contributed by atoms with E-state index in [1.54, 1.807) is 25.1 Å². The zero-order valence-corrected chi connectivity index (χ0v) is 14.8. The lowest BCUT2D eigenvalue weighted by molar-refractivity contribution is 0.0194. The molecule has 1 fully saturated rings. The van der Waals surface area contributed by atoms with E-state index in [0.717, 1.165) is 11.3 Å². The third-order valence-electron chi connectivity index (χ3n) is 4.64. The lowest BCUT2D eigenvalue weighted by atomic mass is 10.0. The van der Waals surface area contributed by atoms with Gasteiger partial charge in [-0.15, -0.1) is 0 Å². The molecule has 0 saturated carbocycles. The van der Waals surface area contributed by atoms with E-state index < -0.39 is 15.6 Å². The van der Waals surface area contributed by atoms with Crippen molar-refractivity contribution < 1.29 is 22.8 Å². The normalized spacial score (nSPS) is 26.6. The summed E-state index contributed by atoms with van der Waals surface area (Å²) in [6.45, 7) is 3.67. The average Bonchev–Trinajstić information content (AvgIpc) is 3.24. The Kier molecular flexibility index (Phi) is 3.64. The van der Waals surface area contributed by atoms with Crippen LogP contribution in [0.25, 0.3) is 0 Å². The first-order valence-corrected chi connectivity index (χ1v) is 9.55. The molecule has 2 aromatic rings. The van der Waals surface area contributed by atoms with Crippen LogP contribution in [0, 0.1) is 6.92 Å². The van der Waals surface area contributed by atoms with Crippen molar-refractivity contribution in [2.24, 2.45) is 0 Å². The van der Waals surface area contributed by atoms with E-state index in [4.69, 9.17) is 9.26 Å². The molecular weight excluding hydrogens is 346 g/mol.